The Morgan fingerprint density at radius 3 is 3.14 bits per heavy atom. The summed E-state index contributed by atoms with van der Waals surface area (Å²) in [4.78, 5) is 4.47. The molecule has 110 valence electrons. The third kappa shape index (κ3) is 2.95. The van der Waals surface area contributed by atoms with Crippen LogP contribution in [0.5, 0.6) is 5.75 Å². The number of nitrogens with zero attached hydrogens (tertiary/aromatic N) is 2. The fraction of sp³-hybridized carbons (Fsp3) is 0.471. The first-order chi connectivity index (χ1) is 10.3. The molecule has 2 heterocycles. The van der Waals surface area contributed by atoms with Crippen LogP contribution in [0.15, 0.2) is 30.7 Å². The molecule has 21 heavy (non-hydrogen) atoms. The summed E-state index contributed by atoms with van der Waals surface area (Å²) in [7, 11) is 0. The van der Waals surface area contributed by atoms with Gasteiger partial charge < -0.3 is 14.6 Å². The minimum absolute atomic E-state index is 0.222. The first kappa shape index (κ1) is 12.9. The zero-order valence-corrected chi connectivity index (χ0v) is 12.4. The molecule has 1 aliphatic carbocycles. The normalized spacial score (nSPS) is 20.3. The van der Waals surface area contributed by atoms with Gasteiger partial charge in [0, 0.05) is 25.2 Å². The van der Waals surface area contributed by atoms with Gasteiger partial charge in [-0.3, -0.25) is 0 Å². The molecule has 2 aliphatic rings. The molecule has 0 amide bonds. The summed E-state index contributed by atoms with van der Waals surface area (Å²) in [6.07, 6.45) is 7.89. The average molecular weight is 283 g/mol. The van der Waals surface area contributed by atoms with Gasteiger partial charge >= 0.3 is 0 Å². The van der Waals surface area contributed by atoms with Crippen LogP contribution in [0, 0.1) is 6.92 Å². The Labute approximate surface area is 125 Å². The fourth-order valence-electron chi connectivity index (χ4n) is 2.92. The third-order valence-electron chi connectivity index (χ3n) is 4.21. The van der Waals surface area contributed by atoms with Gasteiger partial charge in [0.25, 0.3) is 0 Å². The summed E-state index contributed by atoms with van der Waals surface area (Å²) in [5.74, 6) is 1.04. The fourth-order valence-corrected chi connectivity index (χ4v) is 2.92. The van der Waals surface area contributed by atoms with Crippen LogP contribution in [0.2, 0.25) is 0 Å². The van der Waals surface area contributed by atoms with Crippen molar-refractivity contribution in [3.63, 3.8) is 0 Å². The number of imidazole rings is 1. The number of aromatic nitrogens is 2. The molecule has 1 aromatic carbocycles. The van der Waals surface area contributed by atoms with Crippen LogP contribution >= 0.6 is 0 Å². The van der Waals surface area contributed by atoms with Crippen molar-refractivity contribution in [2.45, 2.75) is 51.4 Å². The van der Waals surface area contributed by atoms with Crippen LogP contribution in [0.3, 0.4) is 0 Å². The number of hydrogen-bond acceptors (Lipinski definition) is 3. The number of fused-ring (bicyclic) bond motifs is 1. The third-order valence-corrected chi connectivity index (χ3v) is 4.21. The first-order valence-corrected chi connectivity index (χ1v) is 7.76. The van der Waals surface area contributed by atoms with E-state index in [-0.39, 0.29) is 6.10 Å². The van der Waals surface area contributed by atoms with Gasteiger partial charge in [-0.05, 0) is 31.4 Å². The molecular formula is C17H21N3O. The Hall–Kier alpha value is -1.81. The molecule has 4 heteroatoms. The highest BCUT2D eigenvalue weighted by Gasteiger charge is 2.23. The van der Waals surface area contributed by atoms with E-state index in [0.29, 0.717) is 0 Å². The van der Waals surface area contributed by atoms with Gasteiger partial charge in [-0.25, -0.2) is 4.98 Å². The maximum Gasteiger partial charge on any atom is 0.123 e. The van der Waals surface area contributed by atoms with E-state index in [4.69, 9.17) is 4.74 Å². The van der Waals surface area contributed by atoms with E-state index in [1.807, 2.05) is 6.33 Å². The van der Waals surface area contributed by atoms with Crippen molar-refractivity contribution in [3.05, 3.63) is 47.5 Å². The zero-order chi connectivity index (χ0) is 14.2. The molecule has 1 atom stereocenters. The highest BCUT2D eigenvalue weighted by Crippen LogP contribution is 2.30. The molecule has 1 saturated carbocycles. The molecule has 1 aliphatic heterocycles. The van der Waals surface area contributed by atoms with Crippen molar-refractivity contribution in [1.82, 2.24) is 14.9 Å². The molecule has 0 saturated heterocycles. The average Bonchev–Trinajstić information content (AvgIpc) is 3.05. The van der Waals surface area contributed by atoms with Gasteiger partial charge in [0.2, 0.25) is 0 Å². The molecule has 4 rings (SSSR count). The number of aryl methyl sites for hydroxylation is 1. The maximum atomic E-state index is 6.02. The highest BCUT2D eigenvalue weighted by molar-refractivity contribution is 5.40. The molecule has 2 aromatic rings. The van der Waals surface area contributed by atoms with E-state index in [2.05, 4.69) is 46.2 Å². The predicted molar refractivity (Wildman–Crippen MR) is 81.4 cm³/mol. The molecule has 0 radical (unpaired) electrons. The van der Waals surface area contributed by atoms with Gasteiger partial charge in [-0.15, -0.1) is 0 Å². The summed E-state index contributed by atoms with van der Waals surface area (Å²) in [5.41, 5.74) is 3.75. The summed E-state index contributed by atoms with van der Waals surface area (Å²) in [6.45, 7) is 3.87. The van der Waals surface area contributed by atoms with Crippen LogP contribution < -0.4 is 10.1 Å². The van der Waals surface area contributed by atoms with Crippen molar-refractivity contribution in [3.8, 4) is 5.75 Å². The first-order valence-electron chi connectivity index (χ1n) is 7.76. The van der Waals surface area contributed by atoms with Crippen LogP contribution in [-0.4, -0.2) is 21.7 Å². The predicted octanol–water partition coefficient (Wildman–Crippen LogP) is 2.45. The Kier molecular flexibility index (Phi) is 3.19. The van der Waals surface area contributed by atoms with E-state index in [9.17, 15) is 0 Å². The molecule has 0 spiro atoms. The Balaban J connectivity index is 1.36. The molecule has 1 fully saturated rings. The van der Waals surface area contributed by atoms with E-state index in [0.717, 1.165) is 37.0 Å². The summed E-state index contributed by atoms with van der Waals surface area (Å²) in [5, 5.41) is 3.49. The van der Waals surface area contributed by atoms with Crippen LogP contribution in [0.4, 0.5) is 0 Å². The smallest absolute Gasteiger partial charge is 0.123 e. The second kappa shape index (κ2) is 5.19. The number of nitrogens with one attached hydrogen (secondary N) is 1. The summed E-state index contributed by atoms with van der Waals surface area (Å²) >= 11 is 0. The van der Waals surface area contributed by atoms with E-state index < -0.39 is 0 Å². The molecule has 4 nitrogen and oxygen atoms in total. The Morgan fingerprint density at radius 2 is 2.29 bits per heavy atom. The van der Waals surface area contributed by atoms with Crippen molar-refractivity contribution < 1.29 is 4.74 Å². The summed E-state index contributed by atoms with van der Waals surface area (Å²) < 4.78 is 8.17. The number of hydrogen-bond donors (Lipinski definition) is 1. The number of ether oxygens (including phenoxy) is 1. The minimum Gasteiger partial charge on any atom is -0.488 e. The van der Waals surface area contributed by atoms with Gasteiger partial charge in [0.15, 0.2) is 0 Å². The second-order valence-electron chi connectivity index (χ2n) is 6.27. The van der Waals surface area contributed by atoms with Crippen molar-refractivity contribution in [2.75, 3.05) is 0 Å². The van der Waals surface area contributed by atoms with E-state index in [1.165, 1.54) is 24.0 Å². The minimum atomic E-state index is 0.222. The number of benzene rings is 1. The van der Waals surface area contributed by atoms with E-state index in [1.54, 1.807) is 0 Å². The van der Waals surface area contributed by atoms with Crippen molar-refractivity contribution >= 4 is 0 Å². The molecule has 1 N–H and O–H groups in total. The number of rotatable bonds is 5. The quantitative estimate of drug-likeness (QED) is 0.916. The van der Waals surface area contributed by atoms with Gasteiger partial charge in [-0.2, -0.15) is 0 Å². The molecule has 1 aromatic heterocycles. The zero-order valence-electron chi connectivity index (χ0n) is 12.4. The van der Waals surface area contributed by atoms with Gasteiger partial charge in [-0.1, -0.05) is 17.7 Å². The lowest BCUT2D eigenvalue weighted by Gasteiger charge is -2.10. The van der Waals surface area contributed by atoms with Crippen LogP contribution in [-0.2, 0) is 19.5 Å². The lowest BCUT2D eigenvalue weighted by atomic mass is 10.1. The van der Waals surface area contributed by atoms with Crippen molar-refractivity contribution in [2.24, 2.45) is 0 Å². The SMILES string of the molecule is Cc1ccc2c(c1)CC(Cn1cnc(CNC3CC3)c1)O2. The van der Waals surface area contributed by atoms with E-state index >= 15 is 0 Å². The van der Waals surface area contributed by atoms with Crippen molar-refractivity contribution in [1.29, 1.82) is 0 Å². The monoisotopic (exact) mass is 283 g/mol. The molecule has 0 bridgehead atoms. The Morgan fingerprint density at radius 1 is 1.38 bits per heavy atom. The standard InChI is InChI=1S/C17H21N3O/c1-12-2-5-17-13(6-12)7-16(21-17)10-20-9-15(19-11-20)8-18-14-3-4-14/h2,5-6,9,11,14,16,18H,3-4,7-8,10H2,1H3. The van der Waals surface area contributed by atoms with Crippen LogP contribution in [0.25, 0.3) is 0 Å². The topological polar surface area (TPSA) is 39.1 Å². The van der Waals surface area contributed by atoms with Crippen LogP contribution in [0.1, 0.15) is 29.7 Å². The Bertz CT molecular complexity index is 645. The second-order valence-corrected chi connectivity index (χ2v) is 6.27. The maximum absolute atomic E-state index is 6.02. The molecular weight excluding hydrogens is 262 g/mol. The molecule has 1 unspecified atom stereocenters. The highest BCUT2D eigenvalue weighted by atomic mass is 16.5. The van der Waals surface area contributed by atoms with Gasteiger partial charge in [0.1, 0.15) is 11.9 Å². The lowest BCUT2D eigenvalue weighted by Crippen LogP contribution is -2.20. The largest absolute Gasteiger partial charge is 0.488 e. The lowest BCUT2D eigenvalue weighted by molar-refractivity contribution is 0.209. The summed E-state index contributed by atoms with van der Waals surface area (Å²) in [6, 6.07) is 7.16. The van der Waals surface area contributed by atoms with Gasteiger partial charge in [0.05, 0.1) is 18.6 Å².